The lowest BCUT2D eigenvalue weighted by Crippen LogP contribution is -2.62. The first-order valence-corrected chi connectivity index (χ1v) is 9.49. The average molecular weight is 360 g/mol. The number of rotatable bonds is 4. The van der Waals surface area contributed by atoms with Crippen molar-refractivity contribution in [2.24, 2.45) is 0 Å². The van der Waals surface area contributed by atoms with Crippen molar-refractivity contribution in [1.82, 2.24) is 9.80 Å². The summed E-state index contributed by atoms with van der Waals surface area (Å²) in [7, 11) is 1.41. The van der Waals surface area contributed by atoms with E-state index in [2.05, 4.69) is 0 Å². The van der Waals surface area contributed by atoms with E-state index in [0.29, 0.717) is 18.2 Å². The highest BCUT2D eigenvalue weighted by molar-refractivity contribution is 5.93. The summed E-state index contributed by atoms with van der Waals surface area (Å²) >= 11 is 0. The highest BCUT2D eigenvalue weighted by Crippen LogP contribution is 2.42. The molecule has 1 atom stereocenters. The van der Waals surface area contributed by atoms with E-state index < -0.39 is 11.4 Å². The van der Waals surface area contributed by atoms with E-state index in [1.54, 1.807) is 11.0 Å². The number of carbonyl (C=O) groups is 2. The van der Waals surface area contributed by atoms with Gasteiger partial charge in [0.05, 0.1) is 13.5 Å². The van der Waals surface area contributed by atoms with Gasteiger partial charge in [0.1, 0.15) is 5.54 Å². The Balaban J connectivity index is 1.53. The molecule has 2 heterocycles. The minimum Gasteiger partial charge on any atom is -0.494 e. The van der Waals surface area contributed by atoms with Crippen LogP contribution >= 0.6 is 0 Å². The molecule has 140 valence electrons. The van der Waals surface area contributed by atoms with E-state index >= 15 is 0 Å². The molecule has 2 aliphatic heterocycles. The van der Waals surface area contributed by atoms with E-state index in [9.17, 15) is 14.0 Å². The summed E-state index contributed by atoms with van der Waals surface area (Å²) < 4.78 is 18.9. The van der Waals surface area contributed by atoms with Gasteiger partial charge in [0, 0.05) is 19.1 Å². The maximum atomic E-state index is 13.9. The molecule has 1 spiro atoms. The van der Waals surface area contributed by atoms with Crippen molar-refractivity contribution < 1.29 is 18.7 Å². The van der Waals surface area contributed by atoms with Gasteiger partial charge in [-0.1, -0.05) is 6.07 Å². The van der Waals surface area contributed by atoms with E-state index in [1.807, 2.05) is 4.90 Å². The Kier molecular flexibility index (Phi) is 4.37. The normalized spacial score (nSPS) is 25.8. The topological polar surface area (TPSA) is 49.9 Å². The number of carbonyl (C=O) groups excluding carboxylic acids is 2. The molecule has 3 fully saturated rings. The first-order valence-electron chi connectivity index (χ1n) is 9.49. The van der Waals surface area contributed by atoms with Gasteiger partial charge in [-0.2, -0.15) is 0 Å². The minimum atomic E-state index is -0.664. The zero-order valence-corrected chi connectivity index (χ0v) is 15.2. The summed E-state index contributed by atoms with van der Waals surface area (Å²) in [4.78, 5) is 30.0. The fourth-order valence-corrected chi connectivity index (χ4v) is 4.57. The Morgan fingerprint density at radius 2 is 2.00 bits per heavy atom. The standard InChI is InChI=1S/C20H25FN2O3/c1-26-17-7-4-14(12-16(17)21)13-18(24)23-11-3-9-20(23)8-2-10-22(19(20)25)15-5-6-15/h4,7,12,15H,2-3,5-6,8-11,13H2,1H3. The Labute approximate surface area is 153 Å². The summed E-state index contributed by atoms with van der Waals surface area (Å²) in [6.45, 7) is 1.43. The zero-order chi connectivity index (χ0) is 18.3. The quantitative estimate of drug-likeness (QED) is 0.829. The van der Waals surface area contributed by atoms with Crippen LogP contribution in [0.4, 0.5) is 4.39 Å². The number of nitrogens with zero attached hydrogens (tertiary/aromatic N) is 2. The number of halogens is 1. The van der Waals surface area contributed by atoms with Gasteiger partial charge in [0.25, 0.3) is 0 Å². The first kappa shape index (κ1) is 17.3. The fourth-order valence-electron chi connectivity index (χ4n) is 4.57. The van der Waals surface area contributed by atoms with Crippen LogP contribution in [0.1, 0.15) is 44.1 Å². The summed E-state index contributed by atoms with van der Waals surface area (Å²) in [5.74, 6) is -0.250. The van der Waals surface area contributed by atoms with Crippen molar-refractivity contribution in [2.75, 3.05) is 20.2 Å². The van der Waals surface area contributed by atoms with Gasteiger partial charge in [0.2, 0.25) is 11.8 Å². The summed E-state index contributed by atoms with van der Waals surface area (Å²) in [5.41, 5.74) is -0.0548. The Morgan fingerprint density at radius 1 is 1.27 bits per heavy atom. The number of hydrogen-bond donors (Lipinski definition) is 0. The van der Waals surface area contributed by atoms with Crippen molar-refractivity contribution in [2.45, 2.75) is 56.5 Å². The van der Waals surface area contributed by atoms with E-state index in [-0.39, 0.29) is 24.0 Å². The van der Waals surface area contributed by atoms with Crippen LogP contribution in [0, 0.1) is 5.82 Å². The average Bonchev–Trinajstić information content (AvgIpc) is 3.38. The maximum Gasteiger partial charge on any atom is 0.248 e. The molecule has 4 rings (SSSR count). The zero-order valence-electron chi connectivity index (χ0n) is 15.2. The Hall–Kier alpha value is -2.11. The van der Waals surface area contributed by atoms with Crippen molar-refractivity contribution in [1.29, 1.82) is 0 Å². The van der Waals surface area contributed by atoms with Crippen LogP contribution in [-0.4, -0.2) is 53.4 Å². The first-order chi connectivity index (χ1) is 12.5. The van der Waals surface area contributed by atoms with Crippen LogP contribution in [0.15, 0.2) is 18.2 Å². The molecule has 1 saturated carbocycles. The second-order valence-corrected chi connectivity index (χ2v) is 7.66. The van der Waals surface area contributed by atoms with Crippen molar-refractivity contribution in [3.8, 4) is 5.75 Å². The highest BCUT2D eigenvalue weighted by Gasteiger charge is 2.54. The Bertz CT molecular complexity index is 734. The molecule has 6 heteroatoms. The smallest absolute Gasteiger partial charge is 0.248 e. The predicted molar refractivity (Wildman–Crippen MR) is 94.3 cm³/mol. The minimum absolute atomic E-state index is 0.0851. The molecule has 1 unspecified atom stereocenters. The molecule has 0 bridgehead atoms. The molecule has 3 aliphatic rings. The van der Waals surface area contributed by atoms with Crippen LogP contribution in [-0.2, 0) is 16.0 Å². The van der Waals surface area contributed by atoms with E-state index in [1.165, 1.54) is 19.2 Å². The van der Waals surface area contributed by atoms with Crippen LogP contribution in [0.5, 0.6) is 5.75 Å². The lowest BCUT2D eigenvalue weighted by atomic mass is 9.85. The molecule has 0 radical (unpaired) electrons. The molecule has 2 amide bonds. The second-order valence-electron chi connectivity index (χ2n) is 7.66. The molecule has 5 nitrogen and oxygen atoms in total. The third-order valence-corrected chi connectivity index (χ3v) is 6.00. The molecular weight excluding hydrogens is 335 g/mol. The largest absolute Gasteiger partial charge is 0.494 e. The summed E-state index contributed by atoms with van der Waals surface area (Å²) in [6.07, 6.45) is 5.58. The van der Waals surface area contributed by atoms with Crippen molar-refractivity contribution in [3.63, 3.8) is 0 Å². The molecule has 26 heavy (non-hydrogen) atoms. The molecular formula is C20H25FN2O3. The predicted octanol–water partition coefficient (Wildman–Crippen LogP) is 2.52. The van der Waals surface area contributed by atoms with Crippen molar-refractivity contribution in [3.05, 3.63) is 29.6 Å². The van der Waals surface area contributed by atoms with E-state index in [4.69, 9.17) is 4.74 Å². The van der Waals surface area contributed by atoms with Crippen LogP contribution < -0.4 is 4.74 Å². The molecule has 1 aromatic rings. The van der Waals surface area contributed by atoms with Gasteiger partial charge in [0.15, 0.2) is 11.6 Å². The van der Waals surface area contributed by atoms with Gasteiger partial charge in [-0.3, -0.25) is 9.59 Å². The monoisotopic (exact) mass is 360 g/mol. The number of methoxy groups -OCH3 is 1. The number of likely N-dealkylation sites (tertiary alicyclic amines) is 2. The third-order valence-electron chi connectivity index (χ3n) is 6.00. The number of piperidine rings is 1. The summed E-state index contributed by atoms with van der Waals surface area (Å²) in [6, 6.07) is 4.98. The lowest BCUT2D eigenvalue weighted by Gasteiger charge is -2.44. The SMILES string of the molecule is COc1ccc(CC(=O)N2CCCC23CCCN(C2CC2)C3=O)cc1F. The molecule has 1 aromatic carbocycles. The van der Waals surface area contributed by atoms with Crippen LogP contribution in [0.25, 0.3) is 0 Å². The number of hydrogen-bond acceptors (Lipinski definition) is 3. The van der Waals surface area contributed by atoms with Gasteiger partial charge in [-0.25, -0.2) is 4.39 Å². The fraction of sp³-hybridized carbons (Fsp3) is 0.600. The van der Waals surface area contributed by atoms with Gasteiger partial charge in [-0.05, 0) is 56.2 Å². The van der Waals surface area contributed by atoms with Crippen LogP contribution in [0.3, 0.4) is 0 Å². The number of amides is 2. The summed E-state index contributed by atoms with van der Waals surface area (Å²) in [5, 5.41) is 0. The third kappa shape index (κ3) is 2.85. The highest BCUT2D eigenvalue weighted by atomic mass is 19.1. The molecule has 0 aromatic heterocycles. The van der Waals surface area contributed by atoms with Crippen molar-refractivity contribution >= 4 is 11.8 Å². The van der Waals surface area contributed by atoms with Gasteiger partial charge in [-0.15, -0.1) is 0 Å². The van der Waals surface area contributed by atoms with E-state index in [0.717, 1.165) is 45.1 Å². The number of benzene rings is 1. The maximum absolute atomic E-state index is 13.9. The number of ether oxygens (including phenoxy) is 1. The Morgan fingerprint density at radius 3 is 2.65 bits per heavy atom. The molecule has 1 aliphatic carbocycles. The van der Waals surface area contributed by atoms with Crippen LogP contribution in [0.2, 0.25) is 0 Å². The van der Waals surface area contributed by atoms with Gasteiger partial charge < -0.3 is 14.5 Å². The lowest BCUT2D eigenvalue weighted by molar-refractivity contribution is -0.155. The molecule has 0 N–H and O–H groups in total. The molecule has 2 saturated heterocycles. The second kappa shape index (κ2) is 6.56. The van der Waals surface area contributed by atoms with Gasteiger partial charge >= 0.3 is 0 Å².